The van der Waals surface area contributed by atoms with E-state index in [1.54, 1.807) is 18.0 Å². The zero-order valence-corrected chi connectivity index (χ0v) is 17.1. The van der Waals surface area contributed by atoms with Crippen molar-refractivity contribution in [2.45, 2.75) is 45.3 Å². The number of hydrogen-bond acceptors (Lipinski definition) is 3. The van der Waals surface area contributed by atoms with Crippen molar-refractivity contribution >= 4 is 38.8 Å². The van der Waals surface area contributed by atoms with Crippen LogP contribution >= 0.6 is 15.9 Å². The summed E-state index contributed by atoms with van der Waals surface area (Å²) >= 11 is 3.46. The molecule has 0 bridgehead atoms. The molecular weight excluding hydrogens is 398 g/mol. The molecule has 0 spiro atoms. The van der Waals surface area contributed by atoms with Crippen LogP contribution in [0.1, 0.15) is 55.7 Å². The first-order chi connectivity index (χ1) is 12.2. The molecule has 0 unspecified atom stereocenters. The van der Waals surface area contributed by atoms with Gasteiger partial charge in [-0.05, 0) is 51.8 Å². The summed E-state index contributed by atoms with van der Waals surface area (Å²) in [5, 5.41) is 3.52. The van der Waals surface area contributed by atoms with Gasteiger partial charge in [0, 0.05) is 40.2 Å². The summed E-state index contributed by atoms with van der Waals surface area (Å²) < 4.78 is 6.37. The lowest BCUT2D eigenvalue weighted by atomic mass is 10.1. The van der Waals surface area contributed by atoms with E-state index in [1.165, 1.54) is 0 Å². The molecule has 1 aliphatic heterocycles. The second kappa shape index (κ2) is 6.95. The van der Waals surface area contributed by atoms with E-state index in [9.17, 15) is 9.59 Å². The summed E-state index contributed by atoms with van der Waals surface area (Å²) in [5.74, 6) is -0.141. The molecule has 1 aromatic heterocycles. The highest BCUT2D eigenvalue weighted by molar-refractivity contribution is 9.10. The number of H-pyrrole nitrogens is 1. The second-order valence-electron chi connectivity index (χ2n) is 7.55. The van der Waals surface area contributed by atoms with Gasteiger partial charge in [0.05, 0.1) is 6.04 Å². The van der Waals surface area contributed by atoms with Gasteiger partial charge in [0.25, 0.3) is 5.91 Å². The van der Waals surface area contributed by atoms with E-state index < -0.39 is 5.60 Å². The Hall–Kier alpha value is -2.02. The second-order valence-corrected chi connectivity index (χ2v) is 8.47. The average molecular weight is 422 g/mol. The third-order valence-corrected chi connectivity index (χ3v) is 4.89. The fourth-order valence-electron chi connectivity index (χ4n) is 3.36. The molecule has 1 saturated heterocycles. The summed E-state index contributed by atoms with van der Waals surface area (Å²) in [6, 6.07) is 5.64. The van der Waals surface area contributed by atoms with Crippen LogP contribution in [0.2, 0.25) is 0 Å². The molecule has 2 heterocycles. The number of halogens is 1. The third kappa shape index (κ3) is 3.72. The van der Waals surface area contributed by atoms with Crippen LogP contribution in [-0.4, -0.2) is 41.1 Å². The third-order valence-electron chi connectivity index (χ3n) is 4.44. The lowest BCUT2D eigenvalue weighted by Gasteiger charge is -2.28. The summed E-state index contributed by atoms with van der Waals surface area (Å²) in [4.78, 5) is 29.9. The molecule has 0 saturated carbocycles. The number of hydrogen-bond donors (Lipinski definition) is 2. The average Bonchev–Trinajstić information content (AvgIpc) is 3.17. The van der Waals surface area contributed by atoms with E-state index in [4.69, 9.17) is 4.74 Å². The first kappa shape index (κ1) is 18.8. The molecule has 26 heavy (non-hydrogen) atoms. The van der Waals surface area contributed by atoms with Crippen LogP contribution < -0.4 is 5.32 Å². The minimum atomic E-state index is -0.526. The van der Waals surface area contributed by atoms with Crippen molar-refractivity contribution < 1.29 is 14.3 Å². The largest absolute Gasteiger partial charge is 0.444 e. The van der Waals surface area contributed by atoms with Crippen molar-refractivity contribution in [2.75, 3.05) is 13.6 Å². The predicted octanol–water partition coefficient (Wildman–Crippen LogP) is 4.36. The minimum absolute atomic E-state index is 0.0754. The van der Waals surface area contributed by atoms with Gasteiger partial charge < -0.3 is 15.0 Å². The van der Waals surface area contributed by atoms with Crippen molar-refractivity contribution in [3.63, 3.8) is 0 Å². The van der Waals surface area contributed by atoms with Gasteiger partial charge in [-0.25, -0.2) is 4.79 Å². The zero-order valence-electron chi connectivity index (χ0n) is 15.5. The fourth-order valence-corrected chi connectivity index (χ4v) is 3.81. The van der Waals surface area contributed by atoms with Crippen molar-refractivity contribution in [1.82, 2.24) is 15.2 Å². The summed E-state index contributed by atoms with van der Waals surface area (Å²) in [6.45, 7) is 6.27. The lowest BCUT2D eigenvalue weighted by molar-refractivity contribution is 0.0222. The molecule has 1 atom stereocenters. The molecule has 2 aromatic rings. The Bertz CT molecular complexity index is 854. The molecule has 2 amide bonds. The topological polar surface area (TPSA) is 74.4 Å². The first-order valence-corrected chi connectivity index (χ1v) is 9.53. The van der Waals surface area contributed by atoms with Crippen molar-refractivity contribution in [3.8, 4) is 0 Å². The van der Waals surface area contributed by atoms with Crippen LogP contribution in [0.3, 0.4) is 0 Å². The Balaban J connectivity index is 1.97. The minimum Gasteiger partial charge on any atom is -0.444 e. The Labute approximate surface area is 161 Å². The maximum atomic E-state index is 12.6. The van der Waals surface area contributed by atoms with Crippen LogP contribution in [0.4, 0.5) is 4.79 Å². The van der Waals surface area contributed by atoms with Gasteiger partial charge >= 0.3 is 6.09 Å². The first-order valence-electron chi connectivity index (χ1n) is 8.73. The van der Waals surface area contributed by atoms with Gasteiger partial charge in [-0.1, -0.05) is 15.9 Å². The number of amides is 2. The number of ether oxygens (including phenoxy) is 1. The van der Waals surface area contributed by atoms with Crippen LogP contribution in [0, 0.1) is 0 Å². The number of benzene rings is 1. The molecule has 0 aliphatic carbocycles. The number of fused-ring (bicyclic) bond motifs is 1. The van der Waals surface area contributed by atoms with Crippen LogP contribution in [-0.2, 0) is 4.74 Å². The van der Waals surface area contributed by atoms with Crippen molar-refractivity contribution in [2.24, 2.45) is 0 Å². The van der Waals surface area contributed by atoms with Crippen LogP contribution in [0.5, 0.6) is 0 Å². The monoisotopic (exact) mass is 421 g/mol. The predicted molar refractivity (Wildman–Crippen MR) is 104 cm³/mol. The van der Waals surface area contributed by atoms with Gasteiger partial charge in [0.15, 0.2) is 0 Å². The van der Waals surface area contributed by atoms with E-state index in [1.807, 2.05) is 32.9 Å². The number of rotatable bonds is 2. The maximum Gasteiger partial charge on any atom is 0.410 e. The van der Waals surface area contributed by atoms with Gasteiger partial charge in [0.2, 0.25) is 0 Å². The van der Waals surface area contributed by atoms with Gasteiger partial charge in [0.1, 0.15) is 5.60 Å². The number of nitrogens with one attached hydrogen (secondary N) is 2. The molecule has 0 radical (unpaired) electrons. The molecule has 1 aromatic carbocycles. The number of nitrogens with zero attached hydrogens (tertiary/aromatic N) is 1. The number of likely N-dealkylation sites (tertiary alicyclic amines) is 1. The number of carbonyl (C=O) groups excluding carboxylic acids is 2. The quantitative estimate of drug-likeness (QED) is 0.755. The molecular formula is C19H24BrN3O3. The van der Waals surface area contributed by atoms with E-state index in [0.29, 0.717) is 12.1 Å². The fraction of sp³-hybridized carbons (Fsp3) is 0.474. The number of carbonyl (C=O) groups is 2. The smallest absolute Gasteiger partial charge is 0.410 e. The SMILES string of the molecule is CNC(=O)c1cc(Br)cc2[nH]c([C@@H]3CCCN3C(=O)OC(C)(C)C)cc12. The van der Waals surface area contributed by atoms with E-state index in [-0.39, 0.29) is 18.0 Å². The Morgan fingerprint density at radius 3 is 2.69 bits per heavy atom. The number of aromatic nitrogens is 1. The van der Waals surface area contributed by atoms with E-state index in [2.05, 4.69) is 26.2 Å². The van der Waals surface area contributed by atoms with Gasteiger partial charge in [-0.15, -0.1) is 0 Å². The Kier molecular flexibility index (Phi) is 5.01. The summed E-state index contributed by atoms with van der Waals surface area (Å²) in [6.07, 6.45) is 1.49. The van der Waals surface area contributed by atoms with Crippen LogP contribution in [0.15, 0.2) is 22.7 Å². The Morgan fingerprint density at radius 2 is 2.04 bits per heavy atom. The van der Waals surface area contributed by atoms with Crippen molar-refractivity contribution in [1.29, 1.82) is 0 Å². The summed E-state index contributed by atoms with van der Waals surface area (Å²) in [5.41, 5.74) is 1.86. The molecule has 2 N–H and O–H groups in total. The van der Waals surface area contributed by atoms with Gasteiger partial charge in [-0.2, -0.15) is 0 Å². The van der Waals surface area contributed by atoms with E-state index in [0.717, 1.165) is 33.9 Å². The van der Waals surface area contributed by atoms with E-state index >= 15 is 0 Å². The highest BCUT2D eigenvalue weighted by Gasteiger charge is 2.34. The molecule has 1 fully saturated rings. The zero-order chi connectivity index (χ0) is 19.1. The number of aromatic amines is 1. The standard InChI is InChI=1S/C19H24BrN3O3/c1-19(2,3)26-18(25)23-7-5-6-16(23)15-10-12-13(17(24)21-4)8-11(20)9-14(12)22-15/h8-10,16,22H,5-7H2,1-4H3,(H,21,24)/t16-/m0/s1. The summed E-state index contributed by atoms with van der Waals surface area (Å²) in [7, 11) is 1.61. The van der Waals surface area contributed by atoms with Crippen molar-refractivity contribution in [3.05, 3.63) is 33.9 Å². The molecule has 1 aliphatic rings. The normalized spacial score (nSPS) is 17.6. The molecule has 140 valence electrons. The lowest BCUT2D eigenvalue weighted by Crippen LogP contribution is -2.36. The molecule has 3 rings (SSSR count). The van der Waals surface area contributed by atoms with Crippen LogP contribution in [0.25, 0.3) is 10.9 Å². The molecule has 6 nitrogen and oxygen atoms in total. The molecule has 7 heteroatoms. The highest BCUT2D eigenvalue weighted by Crippen LogP contribution is 2.35. The highest BCUT2D eigenvalue weighted by atomic mass is 79.9. The Morgan fingerprint density at radius 1 is 1.31 bits per heavy atom. The maximum absolute atomic E-state index is 12.6. The van der Waals surface area contributed by atoms with Gasteiger partial charge in [-0.3, -0.25) is 9.69 Å².